The van der Waals surface area contributed by atoms with Gasteiger partial charge in [-0.25, -0.2) is 0 Å². The van der Waals surface area contributed by atoms with Gasteiger partial charge in [0, 0.05) is 29.8 Å². The van der Waals surface area contributed by atoms with Crippen LogP contribution in [0.15, 0.2) is 54.7 Å². The zero-order valence-corrected chi connectivity index (χ0v) is 19.6. The van der Waals surface area contributed by atoms with E-state index in [4.69, 9.17) is 17.0 Å². The van der Waals surface area contributed by atoms with Gasteiger partial charge in [-0.2, -0.15) is 0 Å². The van der Waals surface area contributed by atoms with E-state index in [9.17, 15) is 4.79 Å². The van der Waals surface area contributed by atoms with Gasteiger partial charge in [-0.05, 0) is 68.4 Å². The molecule has 6 nitrogen and oxygen atoms in total. The van der Waals surface area contributed by atoms with Gasteiger partial charge in [-0.15, -0.1) is 0 Å². The van der Waals surface area contributed by atoms with Gasteiger partial charge in [0.1, 0.15) is 0 Å². The Kier molecular flexibility index (Phi) is 6.28. The lowest BCUT2D eigenvalue weighted by Gasteiger charge is -2.28. The molecular formula is C25H28N4O2S. The summed E-state index contributed by atoms with van der Waals surface area (Å²) in [6.07, 6.45) is 2.06. The summed E-state index contributed by atoms with van der Waals surface area (Å²) < 4.78 is 7.16. The standard InChI is InChI=1S/C25H28N4O2S/c1-16-9-5-6-11-21(16)29-17(2)15-19(18(29)3)24-23(20-10-7-8-13-26-20)27-25(32)28(24)14-12-22(30)31-4/h5-11,13,15,23-24H,12,14H2,1-4H3,(H,27,32). The molecule has 2 aromatic heterocycles. The molecule has 1 aliphatic heterocycles. The van der Waals surface area contributed by atoms with E-state index in [1.165, 1.54) is 18.2 Å². The van der Waals surface area contributed by atoms with Crippen molar-refractivity contribution in [3.05, 3.63) is 82.9 Å². The molecule has 32 heavy (non-hydrogen) atoms. The van der Waals surface area contributed by atoms with Crippen molar-refractivity contribution in [3.8, 4) is 5.69 Å². The van der Waals surface area contributed by atoms with Crippen molar-refractivity contribution in [2.45, 2.75) is 39.3 Å². The van der Waals surface area contributed by atoms with Crippen LogP contribution < -0.4 is 5.32 Å². The number of thiocarbonyl (C=S) groups is 1. The first-order valence-corrected chi connectivity index (χ1v) is 11.1. The SMILES string of the molecule is COC(=O)CCN1C(=S)NC(c2ccccn2)C1c1cc(C)n(-c2ccccc2C)c1C. The Balaban J connectivity index is 1.81. The molecule has 166 valence electrons. The van der Waals surface area contributed by atoms with Crippen LogP contribution in [0.4, 0.5) is 0 Å². The first kappa shape index (κ1) is 22.0. The van der Waals surface area contributed by atoms with Crippen LogP contribution in [0.3, 0.4) is 0 Å². The first-order chi connectivity index (χ1) is 15.4. The number of ether oxygens (including phenoxy) is 1. The molecule has 7 heteroatoms. The van der Waals surface area contributed by atoms with Gasteiger partial charge in [0.15, 0.2) is 5.11 Å². The molecule has 3 heterocycles. The number of aromatic nitrogens is 2. The Bertz CT molecular complexity index is 1140. The molecule has 1 aromatic carbocycles. The third kappa shape index (κ3) is 4.00. The van der Waals surface area contributed by atoms with E-state index >= 15 is 0 Å². The minimum absolute atomic E-state index is 0.0916. The highest BCUT2D eigenvalue weighted by molar-refractivity contribution is 7.80. The topological polar surface area (TPSA) is 59.4 Å². The number of methoxy groups -OCH3 is 1. The van der Waals surface area contributed by atoms with Gasteiger partial charge in [0.05, 0.1) is 31.3 Å². The number of esters is 1. The number of aryl methyl sites for hydroxylation is 2. The van der Waals surface area contributed by atoms with Gasteiger partial charge in [-0.1, -0.05) is 24.3 Å². The largest absolute Gasteiger partial charge is 0.469 e. The van der Waals surface area contributed by atoms with Crippen LogP contribution >= 0.6 is 12.2 Å². The highest BCUT2D eigenvalue weighted by atomic mass is 32.1. The summed E-state index contributed by atoms with van der Waals surface area (Å²) in [7, 11) is 1.41. The molecule has 0 spiro atoms. The van der Waals surface area contributed by atoms with Gasteiger partial charge in [0.25, 0.3) is 0 Å². The lowest BCUT2D eigenvalue weighted by Crippen LogP contribution is -2.32. The van der Waals surface area contributed by atoms with E-state index in [0.717, 1.165) is 22.8 Å². The first-order valence-electron chi connectivity index (χ1n) is 10.7. The molecule has 2 atom stereocenters. The molecule has 2 unspecified atom stereocenters. The van der Waals surface area contributed by atoms with Crippen LogP contribution in [0.25, 0.3) is 5.69 Å². The maximum atomic E-state index is 11.9. The van der Waals surface area contributed by atoms with Crippen molar-refractivity contribution in [1.82, 2.24) is 19.8 Å². The molecule has 1 aliphatic rings. The number of nitrogens with one attached hydrogen (secondary N) is 1. The zero-order valence-electron chi connectivity index (χ0n) is 18.8. The summed E-state index contributed by atoms with van der Waals surface area (Å²) >= 11 is 5.71. The lowest BCUT2D eigenvalue weighted by molar-refractivity contribution is -0.140. The van der Waals surface area contributed by atoms with Crippen molar-refractivity contribution in [2.24, 2.45) is 0 Å². The highest BCUT2D eigenvalue weighted by Crippen LogP contribution is 2.41. The second-order valence-corrected chi connectivity index (χ2v) is 8.48. The predicted molar refractivity (Wildman–Crippen MR) is 129 cm³/mol. The van der Waals surface area contributed by atoms with Crippen LogP contribution in [-0.2, 0) is 9.53 Å². The summed E-state index contributed by atoms with van der Waals surface area (Å²) in [6, 6.07) is 16.3. The Morgan fingerprint density at radius 2 is 1.91 bits per heavy atom. The van der Waals surface area contributed by atoms with Crippen LogP contribution in [0, 0.1) is 20.8 Å². The Labute approximate surface area is 194 Å². The number of carbonyl (C=O) groups is 1. The van der Waals surface area contributed by atoms with Crippen LogP contribution in [-0.4, -0.2) is 39.2 Å². The average molecular weight is 449 g/mol. The predicted octanol–water partition coefficient (Wildman–Crippen LogP) is 4.33. The number of hydrogen-bond donors (Lipinski definition) is 1. The molecule has 0 saturated carbocycles. The molecular weight excluding hydrogens is 420 g/mol. The molecule has 0 amide bonds. The number of benzene rings is 1. The number of hydrogen-bond acceptors (Lipinski definition) is 4. The van der Waals surface area contributed by atoms with Crippen molar-refractivity contribution in [1.29, 1.82) is 0 Å². The summed E-state index contributed by atoms with van der Waals surface area (Å²) in [5, 5.41) is 4.07. The Morgan fingerprint density at radius 3 is 2.59 bits per heavy atom. The van der Waals surface area contributed by atoms with Gasteiger partial charge >= 0.3 is 5.97 Å². The van der Waals surface area contributed by atoms with Crippen molar-refractivity contribution in [3.63, 3.8) is 0 Å². The minimum atomic E-state index is -0.252. The van der Waals surface area contributed by atoms with Gasteiger partial charge in [0.2, 0.25) is 0 Å². The molecule has 0 bridgehead atoms. The smallest absolute Gasteiger partial charge is 0.307 e. The van der Waals surface area contributed by atoms with E-state index in [1.807, 2.05) is 18.2 Å². The fraction of sp³-hybridized carbons (Fsp3) is 0.320. The molecule has 3 aromatic rings. The van der Waals surface area contributed by atoms with Crippen molar-refractivity contribution >= 4 is 23.3 Å². The van der Waals surface area contributed by atoms with E-state index in [2.05, 4.69) is 70.9 Å². The number of rotatable bonds is 6. The third-order valence-corrected chi connectivity index (χ3v) is 6.48. The summed E-state index contributed by atoms with van der Waals surface area (Å²) in [4.78, 5) is 18.6. The molecule has 1 fully saturated rings. The summed E-state index contributed by atoms with van der Waals surface area (Å²) in [6.45, 7) is 6.86. The van der Waals surface area contributed by atoms with Crippen LogP contribution in [0.2, 0.25) is 0 Å². The number of carbonyl (C=O) groups excluding carboxylic acids is 1. The second kappa shape index (κ2) is 9.12. The highest BCUT2D eigenvalue weighted by Gasteiger charge is 2.41. The molecule has 1 saturated heterocycles. The van der Waals surface area contributed by atoms with Crippen LogP contribution in [0.1, 0.15) is 46.7 Å². The normalized spacial score (nSPS) is 18.0. The number of nitrogens with zero attached hydrogens (tertiary/aromatic N) is 3. The van der Waals surface area contributed by atoms with Crippen molar-refractivity contribution in [2.75, 3.05) is 13.7 Å². The van der Waals surface area contributed by atoms with Crippen molar-refractivity contribution < 1.29 is 9.53 Å². The molecule has 0 aliphatic carbocycles. The fourth-order valence-corrected chi connectivity index (χ4v) is 4.90. The quantitative estimate of drug-likeness (QED) is 0.447. The average Bonchev–Trinajstić information content (AvgIpc) is 3.28. The monoisotopic (exact) mass is 448 g/mol. The molecule has 0 radical (unpaired) electrons. The third-order valence-electron chi connectivity index (χ3n) is 6.13. The van der Waals surface area contributed by atoms with E-state index in [1.54, 1.807) is 6.20 Å². The van der Waals surface area contributed by atoms with Gasteiger partial charge < -0.3 is 19.5 Å². The molecule has 4 rings (SSSR count). The second-order valence-electron chi connectivity index (χ2n) is 8.09. The number of para-hydroxylation sites is 1. The summed E-state index contributed by atoms with van der Waals surface area (Å²) in [5.74, 6) is -0.252. The Hall–Kier alpha value is -3.19. The van der Waals surface area contributed by atoms with Crippen LogP contribution in [0.5, 0.6) is 0 Å². The lowest BCUT2D eigenvalue weighted by atomic mass is 9.96. The van der Waals surface area contributed by atoms with E-state index in [-0.39, 0.29) is 24.5 Å². The Morgan fingerprint density at radius 1 is 1.16 bits per heavy atom. The van der Waals surface area contributed by atoms with Gasteiger partial charge in [-0.3, -0.25) is 9.78 Å². The summed E-state index contributed by atoms with van der Waals surface area (Å²) in [5.41, 5.74) is 6.76. The zero-order chi connectivity index (χ0) is 22.8. The maximum Gasteiger partial charge on any atom is 0.307 e. The minimum Gasteiger partial charge on any atom is -0.469 e. The fourth-order valence-electron chi connectivity index (χ4n) is 4.57. The maximum absolute atomic E-state index is 11.9. The number of pyridine rings is 1. The molecule has 1 N–H and O–H groups in total. The van der Waals surface area contributed by atoms with E-state index in [0.29, 0.717) is 11.7 Å². The van der Waals surface area contributed by atoms with E-state index < -0.39 is 0 Å².